The van der Waals surface area contributed by atoms with Crippen LogP contribution in [0.25, 0.3) is 0 Å². The lowest BCUT2D eigenvalue weighted by Gasteiger charge is -2.22. The van der Waals surface area contributed by atoms with Crippen LogP contribution >= 0.6 is 0 Å². The summed E-state index contributed by atoms with van der Waals surface area (Å²) >= 11 is 0. The molecule has 0 saturated carbocycles. The van der Waals surface area contributed by atoms with Gasteiger partial charge in [-0.15, -0.1) is 0 Å². The molecule has 0 aromatic heterocycles. The molecule has 0 rings (SSSR count). The lowest BCUT2D eigenvalue weighted by atomic mass is 10.0. The van der Waals surface area contributed by atoms with Crippen molar-refractivity contribution in [1.29, 1.82) is 0 Å². The van der Waals surface area contributed by atoms with Crippen molar-refractivity contribution < 1.29 is 24.5 Å². The molecular formula is C53H101NO5. The molecule has 0 spiro atoms. The summed E-state index contributed by atoms with van der Waals surface area (Å²) in [7, 11) is 0. The second-order valence-corrected chi connectivity index (χ2v) is 17.9. The van der Waals surface area contributed by atoms with Crippen LogP contribution in [-0.4, -0.2) is 47.4 Å². The zero-order valence-corrected chi connectivity index (χ0v) is 39.5. The predicted octanol–water partition coefficient (Wildman–Crippen LogP) is 15.5. The van der Waals surface area contributed by atoms with Gasteiger partial charge in [-0.3, -0.25) is 9.59 Å². The van der Waals surface area contributed by atoms with Crippen molar-refractivity contribution in [3.8, 4) is 0 Å². The molecule has 0 aliphatic rings. The summed E-state index contributed by atoms with van der Waals surface area (Å²) in [6.45, 7) is 4.89. The monoisotopic (exact) mass is 832 g/mol. The van der Waals surface area contributed by atoms with Gasteiger partial charge in [-0.05, 0) is 57.8 Å². The molecule has 59 heavy (non-hydrogen) atoms. The molecule has 3 N–H and O–H groups in total. The van der Waals surface area contributed by atoms with Gasteiger partial charge in [0, 0.05) is 12.8 Å². The average Bonchev–Trinajstić information content (AvgIpc) is 3.24. The Morgan fingerprint density at radius 2 is 0.831 bits per heavy atom. The Bertz CT molecular complexity index is 920. The first-order valence-corrected chi connectivity index (χ1v) is 26.1. The fraction of sp³-hybridized carbons (Fsp3) is 0.887. The summed E-state index contributed by atoms with van der Waals surface area (Å²) in [6, 6.07) is -0.556. The summed E-state index contributed by atoms with van der Waals surface area (Å²) in [5.74, 6) is -0.0770. The van der Waals surface area contributed by atoms with Crippen molar-refractivity contribution in [2.45, 2.75) is 289 Å². The Hall–Kier alpha value is -1.66. The lowest BCUT2D eigenvalue weighted by Crippen LogP contribution is -2.45. The fourth-order valence-electron chi connectivity index (χ4n) is 7.98. The number of hydrogen-bond acceptors (Lipinski definition) is 5. The number of ether oxygens (including phenoxy) is 1. The van der Waals surface area contributed by atoms with Gasteiger partial charge in [0.05, 0.1) is 25.4 Å². The normalized spacial score (nSPS) is 12.8. The zero-order chi connectivity index (χ0) is 43.0. The van der Waals surface area contributed by atoms with E-state index >= 15 is 0 Å². The topological polar surface area (TPSA) is 95.9 Å². The summed E-state index contributed by atoms with van der Waals surface area (Å²) in [5.41, 5.74) is 0. The number of hydrogen-bond donors (Lipinski definition) is 3. The maximum absolute atomic E-state index is 12.4. The highest BCUT2D eigenvalue weighted by Crippen LogP contribution is 2.16. The molecular weight excluding hydrogens is 731 g/mol. The van der Waals surface area contributed by atoms with E-state index in [4.69, 9.17) is 4.74 Å². The van der Waals surface area contributed by atoms with Gasteiger partial charge in [0.15, 0.2) is 0 Å². The van der Waals surface area contributed by atoms with Crippen LogP contribution in [0.1, 0.15) is 277 Å². The Balaban J connectivity index is 3.50. The molecule has 0 aliphatic heterocycles. The van der Waals surface area contributed by atoms with Crippen molar-refractivity contribution in [3.05, 3.63) is 24.3 Å². The van der Waals surface area contributed by atoms with Gasteiger partial charge in [-0.25, -0.2) is 0 Å². The molecule has 6 nitrogen and oxygen atoms in total. The number of carbonyl (C=O) groups excluding carboxylic acids is 2. The van der Waals surface area contributed by atoms with Gasteiger partial charge in [0.25, 0.3) is 0 Å². The number of unbranched alkanes of at least 4 members (excludes halogenated alkanes) is 34. The molecule has 0 saturated heterocycles. The molecule has 0 aromatic rings. The number of allylic oxidation sites excluding steroid dienone is 4. The summed E-state index contributed by atoms with van der Waals surface area (Å²) < 4.78 is 5.44. The van der Waals surface area contributed by atoms with E-state index in [0.29, 0.717) is 25.9 Å². The van der Waals surface area contributed by atoms with E-state index in [-0.39, 0.29) is 18.5 Å². The highest BCUT2D eigenvalue weighted by Gasteiger charge is 2.20. The van der Waals surface area contributed by atoms with E-state index in [1.807, 2.05) is 0 Å². The Morgan fingerprint density at radius 1 is 0.475 bits per heavy atom. The van der Waals surface area contributed by atoms with Gasteiger partial charge in [-0.2, -0.15) is 0 Å². The number of nitrogens with one attached hydrogen (secondary N) is 1. The summed E-state index contributed by atoms with van der Waals surface area (Å²) in [6.07, 6.45) is 57.2. The van der Waals surface area contributed by atoms with Crippen LogP contribution in [-0.2, 0) is 14.3 Å². The zero-order valence-electron chi connectivity index (χ0n) is 39.5. The molecule has 0 heterocycles. The van der Waals surface area contributed by atoms with Crippen LogP contribution in [0.4, 0.5) is 0 Å². The summed E-state index contributed by atoms with van der Waals surface area (Å²) in [5, 5.41) is 23.1. The number of amides is 1. The molecule has 0 bridgehead atoms. The maximum Gasteiger partial charge on any atom is 0.305 e. The lowest BCUT2D eigenvalue weighted by molar-refractivity contribution is -0.143. The minimum Gasteiger partial charge on any atom is -0.466 e. The molecule has 0 fully saturated rings. The van der Waals surface area contributed by atoms with E-state index in [2.05, 4.69) is 43.5 Å². The molecule has 1 amide bonds. The van der Waals surface area contributed by atoms with Crippen molar-refractivity contribution >= 4 is 11.9 Å². The molecule has 6 heteroatoms. The highest BCUT2D eigenvalue weighted by molar-refractivity contribution is 5.76. The van der Waals surface area contributed by atoms with Crippen LogP contribution < -0.4 is 5.32 Å². The Labute approximate surface area is 367 Å². The minimum absolute atomic E-state index is 0.0190. The molecule has 2 unspecified atom stereocenters. The highest BCUT2D eigenvalue weighted by atomic mass is 16.5. The number of rotatable bonds is 48. The van der Waals surface area contributed by atoms with Gasteiger partial charge < -0.3 is 20.3 Å². The molecule has 2 atom stereocenters. The van der Waals surface area contributed by atoms with Crippen LogP contribution in [0.5, 0.6) is 0 Å². The van der Waals surface area contributed by atoms with E-state index in [1.165, 1.54) is 167 Å². The van der Waals surface area contributed by atoms with E-state index in [0.717, 1.165) is 77.0 Å². The van der Waals surface area contributed by atoms with E-state index in [9.17, 15) is 19.8 Å². The van der Waals surface area contributed by atoms with Gasteiger partial charge in [0.1, 0.15) is 0 Å². The molecule has 0 aromatic carbocycles. The third-order valence-electron chi connectivity index (χ3n) is 12.0. The number of aliphatic hydroxyl groups is 2. The van der Waals surface area contributed by atoms with Crippen LogP contribution in [0.2, 0.25) is 0 Å². The van der Waals surface area contributed by atoms with Crippen molar-refractivity contribution in [2.75, 3.05) is 13.2 Å². The first-order valence-electron chi connectivity index (χ1n) is 26.1. The quantitative estimate of drug-likeness (QED) is 0.0322. The first-order chi connectivity index (χ1) is 29.0. The summed E-state index contributed by atoms with van der Waals surface area (Å²) in [4.78, 5) is 24.4. The predicted molar refractivity (Wildman–Crippen MR) is 255 cm³/mol. The molecule has 0 radical (unpaired) electrons. The minimum atomic E-state index is -0.677. The van der Waals surface area contributed by atoms with Crippen LogP contribution in [0.15, 0.2) is 24.3 Å². The molecule has 0 aliphatic carbocycles. The maximum atomic E-state index is 12.4. The van der Waals surface area contributed by atoms with Crippen molar-refractivity contribution in [3.63, 3.8) is 0 Å². The average molecular weight is 832 g/mol. The van der Waals surface area contributed by atoms with E-state index in [1.54, 1.807) is 0 Å². The first kappa shape index (κ1) is 57.3. The van der Waals surface area contributed by atoms with Crippen molar-refractivity contribution in [2.24, 2.45) is 0 Å². The standard InChI is InChI=1S/C53H101NO5/c1-3-5-7-9-11-13-15-17-19-23-27-31-35-39-43-47-53(58)59-48-44-40-36-32-28-24-21-18-20-22-26-30-34-38-42-46-52(57)54-50(49-55)51(56)45-41-37-33-29-25-16-14-12-10-8-6-4-2/h18,21,24,28,50-51,55-56H,3-17,19-20,22-23,25-27,29-49H2,1-2H3,(H,54,57)/b21-18-,28-24-. The van der Waals surface area contributed by atoms with Crippen LogP contribution in [0.3, 0.4) is 0 Å². The SMILES string of the molecule is CCCCCCCCCCCCCCCCCC(=O)OCCCCC/C=C\C=C/CCCCCCCCC(=O)NC(CO)C(O)CCCCCCCCCCCCCC. The number of aliphatic hydroxyl groups excluding tert-OH is 2. The van der Waals surface area contributed by atoms with Gasteiger partial charge >= 0.3 is 5.97 Å². The smallest absolute Gasteiger partial charge is 0.305 e. The number of carbonyl (C=O) groups is 2. The number of esters is 1. The third-order valence-corrected chi connectivity index (χ3v) is 12.0. The van der Waals surface area contributed by atoms with Crippen LogP contribution in [0, 0.1) is 0 Å². The van der Waals surface area contributed by atoms with Gasteiger partial charge in [0.2, 0.25) is 5.91 Å². The van der Waals surface area contributed by atoms with E-state index < -0.39 is 12.1 Å². The molecule has 348 valence electrons. The third kappa shape index (κ3) is 45.7. The second kappa shape index (κ2) is 49.0. The fourth-order valence-corrected chi connectivity index (χ4v) is 7.98. The Morgan fingerprint density at radius 3 is 1.25 bits per heavy atom. The van der Waals surface area contributed by atoms with Crippen molar-refractivity contribution in [1.82, 2.24) is 5.32 Å². The van der Waals surface area contributed by atoms with Gasteiger partial charge in [-0.1, -0.05) is 231 Å². The largest absolute Gasteiger partial charge is 0.466 e. The Kier molecular flexibility index (Phi) is 47.6. The second-order valence-electron chi connectivity index (χ2n) is 17.9.